The SMILES string of the molecule is C/C(=N/NC(=O)Cc1ccc(Cl)c(Cl)c1)c1ccc(NC(=O)C(F)(F)F)cc1. The second kappa shape index (κ2) is 9.07. The van der Waals surface area contributed by atoms with Crippen LogP contribution in [0.3, 0.4) is 0 Å². The van der Waals surface area contributed by atoms with Gasteiger partial charge in [-0.15, -0.1) is 0 Å². The highest BCUT2D eigenvalue weighted by atomic mass is 35.5. The Morgan fingerprint density at radius 2 is 1.68 bits per heavy atom. The average Bonchev–Trinajstić information content (AvgIpc) is 2.62. The predicted octanol–water partition coefficient (Wildman–Crippen LogP) is 4.58. The minimum Gasteiger partial charge on any atom is -0.318 e. The summed E-state index contributed by atoms with van der Waals surface area (Å²) in [7, 11) is 0. The molecule has 2 aromatic rings. The number of rotatable bonds is 5. The van der Waals surface area contributed by atoms with Crippen LogP contribution >= 0.6 is 23.2 Å². The third-order valence-corrected chi connectivity index (χ3v) is 4.25. The largest absolute Gasteiger partial charge is 0.471 e. The number of nitrogens with one attached hydrogen (secondary N) is 2. The van der Waals surface area contributed by atoms with E-state index in [1.807, 2.05) is 0 Å². The summed E-state index contributed by atoms with van der Waals surface area (Å²) in [6, 6.07) is 10.4. The molecule has 2 N–H and O–H groups in total. The zero-order valence-electron chi connectivity index (χ0n) is 14.4. The fourth-order valence-corrected chi connectivity index (χ4v) is 2.40. The van der Waals surface area contributed by atoms with E-state index in [2.05, 4.69) is 10.5 Å². The number of nitrogens with zero attached hydrogens (tertiary/aromatic N) is 1. The number of hydrogen-bond acceptors (Lipinski definition) is 3. The van der Waals surface area contributed by atoms with Crippen LogP contribution in [0.2, 0.25) is 10.0 Å². The van der Waals surface area contributed by atoms with Crippen LogP contribution in [0.25, 0.3) is 0 Å². The van der Waals surface area contributed by atoms with Crippen molar-refractivity contribution in [3.63, 3.8) is 0 Å². The lowest BCUT2D eigenvalue weighted by Gasteiger charge is -2.08. The fourth-order valence-electron chi connectivity index (χ4n) is 2.08. The molecular formula is C18H14Cl2F3N3O2. The molecule has 0 bridgehead atoms. The quantitative estimate of drug-likeness (QED) is 0.537. The molecule has 0 saturated heterocycles. The Labute approximate surface area is 168 Å². The van der Waals surface area contributed by atoms with Crippen molar-refractivity contribution in [3.8, 4) is 0 Å². The molecule has 2 rings (SSSR count). The predicted molar refractivity (Wildman–Crippen MR) is 102 cm³/mol. The second-order valence-electron chi connectivity index (χ2n) is 5.69. The van der Waals surface area contributed by atoms with Crippen LogP contribution in [0.1, 0.15) is 18.1 Å². The van der Waals surface area contributed by atoms with Crippen LogP contribution in [0.15, 0.2) is 47.6 Å². The number of hydrogen-bond donors (Lipinski definition) is 2. The Morgan fingerprint density at radius 3 is 2.25 bits per heavy atom. The lowest BCUT2D eigenvalue weighted by Crippen LogP contribution is -2.29. The van der Waals surface area contributed by atoms with Gasteiger partial charge in [-0.1, -0.05) is 41.4 Å². The van der Waals surface area contributed by atoms with Gasteiger partial charge >= 0.3 is 12.1 Å². The summed E-state index contributed by atoms with van der Waals surface area (Å²) in [5.74, 6) is -2.44. The van der Waals surface area contributed by atoms with Gasteiger partial charge in [0.15, 0.2) is 0 Å². The summed E-state index contributed by atoms with van der Waals surface area (Å²) < 4.78 is 36.7. The molecule has 0 atom stereocenters. The maximum absolute atomic E-state index is 12.2. The number of alkyl halides is 3. The Balaban J connectivity index is 1.96. The maximum Gasteiger partial charge on any atom is 0.471 e. The lowest BCUT2D eigenvalue weighted by atomic mass is 10.1. The van der Waals surface area contributed by atoms with Crippen LogP contribution in [0.4, 0.5) is 18.9 Å². The number of benzene rings is 2. The molecule has 0 aliphatic heterocycles. The highest BCUT2D eigenvalue weighted by Crippen LogP contribution is 2.23. The van der Waals surface area contributed by atoms with Crippen molar-refractivity contribution in [2.45, 2.75) is 19.5 Å². The van der Waals surface area contributed by atoms with Gasteiger partial charge in [0.1, 0.15) is 0 Å². The zero-order chi connectivity index (χ0) is 20.9. The van der Waals surface area contributed by atoms with Gasteiger partial charge in [-0.2, -0.15) is 18.3 Å². The summed E-state index contributed by atoms with van der Waals surface area (Å²) in [6.45, 7) is 1.61. The van der Waals surface area contributed by atoms with E-state index in [0.29, 0.717) is 26.9 Å². The molecule has 148 valence electrons. The monoisotopic (exact) mass is 431 g/mol. The van der Waals surface area contributed by atoms with E-state index in [1.165, 1.54) is 24.3 Å². The third kappa shape index (κ3) is 6.24. The molecule has 0 spiro atoms. The number of halogens is 5. The number of amides is 2. The standard InChI is InChI=1S/C18H14Cl2F3N3O2/c1-10(12-3-5-13(6-4-12)24-17(28)18(21,22)23)25-26-16(27)9-11-2-7-14(19)15(20)8-11/h2-8H,9H2,1H3,(H,24,28)(H,26,27)/b25-10-. The van der Waals surface area contributed by atoms with E-state index in [0.717, 1.165) is 0 Å². The molecule has 0 aromatic heterocycles. The number of carbonyl (C=O) groups is 2. The molecule has 0 unspecified atom stereocenters. The second-order valence-corrected chi connectivity index (χ2v) is 6.50. The molecule has 0 aliphatic carbocycles. The highest BCUT2D eigenvalue weighted by molar-refractivity contribution is 6.42. The smallest absolute Gasteiger partial charge is 0.318 e. The Bertz CT molecular complexity index is 913. The average molecular weight is 432 g/mol. The normalized spacial score (nSPS) is 11.9. The van der Waals surface area contributed by atoms with E-state index < -0.39 is 12.1 Å². The van der Waals surface area contributed by atoms with E-state index in [4.69, 9.17) is 23.2 Å². The van der Waals surface area contributed by atoms with Gasteiger partial charge in [0.05, 0.1) is 22.2 Å². The van der Waals surface area contributed by atoms with E-state index in [1.54, 1.807) is 30.4 Å². The molecule has 0 fully saturated rings. The van der Waals surface area contributed by atoms with E-state index in [9.17, 15) is 22.8 Å². The highest BCUT2D eigenvalue weighted by Gasteiger charge is 2.38. The van der Waals surface area contributed by atoms with Crippen molar-refractivity contribution in [3.05, 3.63) is 63.6 Å². The van der Waals surface area contributed by atoms with Gasteiger partial charge in [-0.3, -0.25) is 9.59 Å². The van der Waals surface area contributed by atoms with Gasteiger partial charge in [-0.05, 0) is 42.3 Å². The summed E-state index contributed by atoms with van der Waals surface area (Å²) >= 11 is 11.7. The van der Waals surface area contributed by atoms with Crippen molar-refractivity contribution >= 4 is 46.4 Å². The molecule has 0 radical (unpaired) electrons. The van der Waals surface area contributed by atoms with Crippen LogP contribution in [-0.4, -0.2) is 23.7 Å². The lowest BCUT2D eigenvalue weighted by molar-refractivity contribution is -0.167. The molecule has 0 aliphatic rings. The van der Waals surface area contributed by atoms with Crippen molar-refractivity contribution in [1.82, 2.24) is 5.43 Å². The first-order valence-electron chi connectivity index (χ1n) is 7.82. The van der Waals surface area contributed by atoms with Crippen LogP contribution < -0.4 is 10.7 Å². The van der Waals surface area contributed by atoms with Crippen molar-refractivity contribution in [2.75, 3.05) is 5.32 Å². The molecule has 0 saturated carbocycles. The molecule has 2 aromatic carbocycles. The van der Waals surface area contributed by atoms with Gasteiger partial charge in [0.2, 0.25) is 5.91 Å². The minimum atomic E-state index is -4.96. The number of anilines is 1. The van der Waals surface area contributed by atoms with E-state index >= 15 is 0 Å². The van der Waals surface area contributed by atoms with Crippen LogP contribution in [0, 0.1) is 0 Å². The summed E-state index contributed by atoms with van der Waals surface area (Å²) in [4.78, 5) is 22.9. The van der Waals surface area contributed by atoms with Gasteiger partial charge in [0.25, 0.3) is 0 Å². The van der Waals surface area contributed by atoms with Crippen LogP contribution in [-0.2, 0) is 16.0 Å². The summed E-state index contributed by atoms with van der Waals surface area (Å²) in [5.41, 5.74) is 4.01. The van der Waals surface area contributed by atoms with Crippen molar-refractivity contribution < 1.29 is 22.8 Å². The Morgan fingerprint density at radius 1 is 1.04 bits per heavy atom. The maximum atomic E-state index is 12.2. The van der Waals surface area contributed by atoms with Crippen LogP contribution in [0.5, 0.6) is 0 Å². The van der Waals surface area contributed by atoms with Gasteiger partial charge < -0.3 is 5.32 Å². The zero-order valence-corrected chi connectivity index (χ0v) is 15.9. The topological polar surface area (TPSA) is 70.6 Å². The third-order valence-electron chi connectivity index (χ3n) is 3.52. The van der Waals surface area contributed by atoms with Gasteiger partial charge in [-0.25, -0.2) is 5.43 Å². The summed E-state index contributed by atoms with van der Waals surface area (Å²) in [6.07, 6.45) is -4.93. The minimum absolute atomic E-state index is 0.0115. The Hall–Kier alpha value is -2.58. The molecule has 28 heavy (non-hydrogen) atoms. The van der Waals surface area contributed by atoms with Crippen molar-refractivity contribution in [1.29, 1.82) is 0 Å². The first-order chi connectivity index (χ1) is 13.1. The molecule has 2 amide bonds. The fraction of sp³-hybridized carbons (Fsp3) is 0.167. The number of carbonyl (C=O) groups excluding carboxylic acids is 2. The van der Waals surface area contributed by atoms with E-state index in [-0.39, 0.29) is 18.0 Å². The van der Waals surface area contributed by atoms with Gasteiger partial charge in [0, 0.05) is 5.69 Å². The first kappa shape index (κ1) is 21.7. The molecular weight excluding hydrogens is 418 g/mol. The Kier molecular flexibility index (Phi) is 7.04. The van der Waals surface area contributed by atoms with Crippen molar-refractivity contribution in [2.24, 2.45) is 5.10 Å². The molecule has 0 heterocycles. The molecule has 10 heteroatoms. The number of hydrazone groups is 1. The first-order valence-corrected chi connectivity index (χ1v) is 8.57. The molecule has 5 nitrogen and oxygen atoms in total. The summed E-state index contributed by atoms with van der Waals surface area (Å²) in [5, 5.41) is 6.41.